The van der Waals surface area contributed by atoms with Crippen LogP contribution in [0.3, 0.4) is 0 Å². The van der Waals surface area contributed by atoms with Gasteiger partial charge in [-0.05, 0) is 13.0 Å². The van der Waals surface area contributed by atoms with Crippen molar-refractivity contribution in [2.45, 2.75) is 25.8 Å². The molecule has 2 rings (SSSR count). The van der Waals surface area contributed by atoms with Crippen LogP contribution in [-0.4, -0.2) is 54.5 Å². The molecule has 8 nitrogen and oxygen atoms in total. The molecule has 1 aliphatic heterocycles. The summed E-state index contributed by atoms with van der Waals surface area (Å²) in [5.74, 6) is -3.17. The number of nitrogens with zero attached hydrogens (tertiary/aromatic N) is 2. The van der Waals surface area contributed by atoms with E-state index in [2.05, 4.69) is 10.1 Å². The molecule has 27 heavy (non-hydrogen) atoms. The molecule has 0 bridgehead atoms. The van der Waals surface area contributed by atoms with Crippen molar-refractivity contribution in [1.29, 1.82) is 0 Å². The predicted octanol–water partition coefficient (Wildman–Crippen LogP) is 2.63. The number of hydrogen-bond donors (Lipinski definition) is 2. The number of rotatable bonds is 4. The van der Waals surface area contributed by atoms with Gasteiger partial charge in [0.15, 0.2) is 0 Å². The van der Waals surface area contributed by atoms with Gasteiger partial charge in [0.05, 0.1) is 4.92 Å². The van der Waals surface area contributed by atoms with E-state index in [0.29, 0.717) is 12.2 Å². The molecule has 0 aromatic heterocycles. The van der Waals surface area contributed by atoms with Crippen LogP contribution in [0.15, 0.2) is 18.2 Å². The molecule has 152 valence electrons. The lowest BCUT2D eigenvalue weighted by Gasteiger charge is -2.36. The molecule has 1 saturated heterocycles. The molecular weight excluding hydrogens is 385 g/mol. The summed E-state index contributed by atoms with van der Waals surface area (Å²) < 4.78 is 60.7. The first kappa shape index (κ1) is 22.3. The van der Waals surface area contributed by atoms with Gasteiger partial charge in [0.2, 0.25) is 5.75 Å². The number of ether oxygens (including phenoxy) is 1. The summed E-state index contributed by atoms with van der Waals surface area (Å²) in [6.07, 6.45) is -5.08. The van der Waals surface area contributed by atoms with E-state index in [4.69, 9.17) is 9.90 Å². The Morgan fingerprint density at radius 3 is 2.48 bits per heavy atom. The van der Waals surface area contributed by atoms with Gasteiger partial charge < -0.3 is 20.1 Å². The number of aliphatic carboxylic acids is 1. The predicted molar refractivity (Wildman–Crippen MR) is 83.1 cm³/mol. The number of halogens is 5. The fourth-order valence-electron chi connectivity index (χ4n) is 2.25. The van der Waals surface area contributed by atoms with Gasteiger partial charge in [-0.25, -0.2) is 4.79 Å². The molecule has 1 unspecified atom stereocenters. The van der Waals surface area contributed by atoms with Gasteiger partial charge in [0, 0.05) is 43.5 Å². The molecule has 0 saturated carbocycles. The number of carboxylic acid groups (broad SMARTS) is 1. The normalized spacial score (nSPS) is 17.1. The van der Waals surface area contributed by atoms with E-state index in [-0.39, 0.29) is 6.04 Å². The number of carbonyl (C=O) groups is 1. The smallest absolute Gasteiger partial charge is 0.475 e. The van der Waals surface area contributed by atoms with Crippen LogP contribution in [-0.2, 0) is 4.79 Å². The van der Waals surface area contributed by atoms with Crippen molar-refractivity contribution in [1.82, 2.24) is 5.32 Å². The van der Waals surface area contributed by atoms with Crippen molar-refractivity contribution in [3.8, 4) is 5.75 Å². The second-order valence-electron chi connectivity index (χ2n) is 5.34. The van der Waals surface area contributed by atoms with E-state index in [9.17, 15) is 32.1 Å². The second kappa shape index (κ2) is 9.30. The van der Waals surface area contributed by atoms with Gasteiger partial charge in [-0.2, -0.15) is 22.0 Å². The van der Waals surface area contributed by atoms with Crippen LogP contribution in [0.2, 0.25) is 0 Å². The first-order valence-corrected chi connectivity index (χ1v) is 7.44. The topological polar surface area (TPSA) is 105 Å². The highest BCUT2D eigenvalue weighted by atomic mass is 19.4. The van der Waals surface area contributed by atoms with Crippen molar-refractivity contribution in [2.24, 2.45) is 0 Å². The molecule has 0 aliphatic carbocycles. The van der Waals surface area contributed by atoms with E-state index in [1.165, 1.54) is 12.1 Å². The maximum absolute atomic E-state index is 12.3. The fraction of sp³-hybridized carbons (Fsp3) is 0.500. The number of carboxylic acids is 1. The Morgan fingerprint density at radius 2 is 2.04 bits per heavy atom. The summed E-state index contributed by atoms with van der Waals surface area (Å²) in [7, 11) is 0. The molecule has 0 spiro atoms. The maximum Gasteiger partial charge on any atom is 0.490 e. The van der Waals surface area contributed by atoms with Gasteiger partial charge in [-0.15, -0.1) is 0 Å². The van der Waals surface area contributed by atoms with Gasteiger partial charge >= 0.3 is 24.4 Å². The Balaban J connectivity index is 0.000000445. The zero-order valence-corrected chi connectivity index (χ0v) is 13.9. The minimum Gasteiger partial charge on any atom is -0.475 e. The number of benzene rings is 1. The standard InChI is InChI=1S/C12H15F2N3O3.C2HF3O2/c1-8-7-15-4-5-16(8)9-2-3-10(17(18)19)11(6-9)20-12(13)14;3-2(4,5)1(6)7/h2-3,6,8,12,15H,4-5,7H2,1H3;(H,6,7). The van der Waals surface area contributed by atoms with E-state index in [0.717, 1.165) is 13.1 Å². The molecule has 2 N–H and O–H groups in total. The number of hydrogen-bond acceptors (Lipinski definition) is 6. The lowest BCUT2D eigenvalue weighted by molar-refractivity contribution is -0.386. The number of nitro groups is 1. The third-order valence-corrected chi connectivity index (χ3v) is 3.43. The molecule has 1 aromatic rings. The summed E-state index contributed by atoms with van der Waals surface area (Å²) in [5.41, 5.74) is 0.178. The SMILES string of the molecule is CC1CNCCN1c1ccc([N+](=O)[O-])c(OC(F)F)c1.O=C(O)C(F)(F)F. The molecule has 1 atom stereocenters. The molecule has 1 fully saturated rings. The summed E-state index contributed by atoms with van der Waals surface area (Å²) in [6, 6.07) is 4.22. The van der Waals surface area contributed by atoms with Gasteiger partial charge in [-0.1, -0.05) is 0 Å². The second-order valence-corrected chi connectivity index (χ2v) is 5.34. The Kier molecular flexibility index (Phi) is 7.69. The minimum absolute atomic E-state index is 0.171. The number of nitrogens with one attached hydrogen (secondary N) is 1. The monoisotopic (exact) mass is 401 g/mol. The van der Waals surface area contributed by atoms with Crippen LogP contribution in [0.4, 0.5) is 33.3 Å². The number of piperazine rings is 1. The average molecular weight is 401 g/mol. The van der Waals surface area contributed by atoms with E-state index >= 15 is 0 Å². The number of anilines is 1. The number of alkyl halides is 5. The van der Waals surface area contributed by atoms with Gasteiger partial charge in [0.1, 0.15) is 0 Å². The quantitative estimate of drug-likeness (QED) is 0.454. The molecule has 0 radical (unpaired) electrons. The number of nitro benzene ring substituents is 1. The van der Waals surface area contributed by atoms with Crippen LogP contribution < -0.4 is 15.0 Å². The molecule has 1 aliphatic rings. The first-order chi connectivity index (χ1) is 12.4. The van der Waals surface area contributed by atoms with Crippen molar-refractivity contribution in [2.75, 3.05) is 24.5 Å². The lowest BCUT2D eigenvalue weighted by atomic mass is 10.1. The average Bonchev–Trinajstić information content (AvgIpc) is 2.54. The molecule has 0 amide bonds. The van der Waals surface area contributed by atoms with Crippen LogP contribution in [0.25, 0.3) is 0 Å². The van der Waals surface area contributed by atoms with Crippen LogP contribution in [0, 0.1) is 10.1 Å². The third kappa shape index (κ3) is 6.84. The van der Waals surface area contributed by atoms with Crippen LogP contribution in [0.5, 0.6) is 5.75 Å². The summed E-state index contributed by atoms with van der Waals surface area (Å²) in [4.78, 5) is 21.0. The fourth-order valence-corrected chi connectivity index (χ4v) is 2.25. The van der Waals surface area contributed by atoms with Crippen molar-refractivity contribution >= 4 is 17.3 Å². The van der Waals surface area contributed by atoms with Crippen LogP contribution in [0.1, 0.15) is 6.92 Å². The first-order valence-electron chi connectivity index (χ1n) is 7.44. The minimum atomic E-state index is -5.08. The largest absolute Gasteiger partial charge is 0.490 e. The molecular formula is C14H16F5N3O5. The molecule has 1 heterocycles. The Hall–Kier alpha value is -2.70. The van der Waals surface area contributed by atoms with Crippen molar-refractivity contribution in [3.63, 3.8) is 0 Å². The van der Waals surface area contributed by atoms with E-state index < -0.39 is 35.1 Å². The third-order valence-electron chi connectivity index (χ3n) is 3.43. The van der Waals surface area contributed by atoms with E-state index in [1.807, 2.05) is 11.8 Å². The highest BCUT2D eigenvalue weighted by molar-refractivity contribution is 5.73. The molecule has 1 aromatic carbocycles. The Morgan fingerprint density at radius 1 is 1.44 bits per heavy atom. The maximum atomic E-state index is 12.3. The Labute approximate surface area is 149 Å². The summed E-state index contributed by atoms with van der Waals surface area (Å²) in [5, 5.41) is 21.1. The highest BCUT2D eigenvalue weighted by Crippen LogP contribution is 2.33. The molecule has 13 heteroatoms. The Bertz CT molecular complexity index is 671. The van der Waals surface area contributed by atoms with Crippen molar-refractivity contribution in [3.05, 3.63) is 28.3 Å². The van der Waals surface area contributed by atoms with Gasteiger partial charge in [0.25, 0.3) is 0 Å². The summed E-state index contributed by atoms with van der Waals surface area (Å²) in [6.45, 7) is 1.13. The zero-order valence-electron chi connectivity index (χ0n) is 13.9. The van der Waals surface area contributed by atoms with E-state index in [1.54, 1.807) is 6.07 Å². The highest BCUT2D eigenvalue weighted by Gasteiger charge is 2.38. The van der Waals surface area contributed by atoms with Gasteiger partial charge in [-0.3, -0.25) is 10.1 Å². The lowest BCUT2D eigenvalue weighted by Crippen LogP contribution is -2.49. The van der Waals surface area contributed by atoms with Crippen molar-refractivity contribution < 1.29 is 41.5 Å². The summed E-state index contributed by atoms with van der Waals surface area (Å²) >= 11 is 0. The zero-order chi connectivity index (χ0) is 20.8. The van der Waals surface area contributed by atoms with Crippen LogP contribution >= 0.6 is 0 Å².